The first kappa shape index (κ1) is 18.7. The van der Waals surface area contributed by atoms with E-state index in [1.807, 2.05) is 51.2 Å². The Morgan fingerprint density at radius 2 is 2.10 bits per heavy atom. The first-order valence-electron chi connectivity index (χ1n) is 9.33. The number of anilines is 1. The molecule has 0 aliphatic carbocycles. The molecule has 29 heavy (non-hydrogen) atoms. The Labute approximate surface area is 167 Å². The zero-order chi connectivity index (χ0) is 20.6. The number of carbonyl (C=O) groups excluding carboxylic acids is 1. The van der Waals surface area contributed by atoms with Crippen LogP contribution < -0.4 is 11.1 Å². The number of hydrogen-bond donors (Lipinski definition) is 3. The second kappa shape index (κ2) is 7.08. The number of benzene rings is 1. The fraction of sp³-hybridized carbons (Fsp3) is 0.300. The van der Waals surface area contributed by atoms with Gasteiger partial charge in [-0.1, -0.05) is 12.1 Å². The van der Waals surface area contributed by atoms with E-state index in [0.717, 1.165) is 27.5 Å². The van der Waals surface area contributed by atoms with Gasteiger partial charge in [0.15, 0.2) is 5.82 Å². The summed E-state index contributed by atoms with van der Waals surface area (Å²) < 4.78 is 6.99. The average Bonchev–Trinajstić information content (AvgIpc) is 3.30. The van der Waals surface area contributed by atoms with E-state index in [1.54, 1.807) is 10.9 Å². The molecule has 0 aliphatic rings. The lowest BCUT2D eigenvalue weighted by Gasteiger charge is -2.19. The van der Waals surface area contributed by atoms with E-state index >= 15 is 0 Å². The molecule has 0 radical (unpaired) electrons. The van der Waals surface area contributed by atoms with Crippen molar-refractivity contribution >= 4 is 33.7 Å². The van der Waals surface area contributed by atoms with Crippen molar-refractivity contribution in [3.8, 4) is 11.3 Å². The minimum absolute atomic E-state index is 0.366. The minimum Gasteiger partial charge on any atom is -0.444 e. The first-order chi connectivity index (χ1) is 13.8. The van der Waals surface area contributed by atoms with E-state index in [0.29, 0.717) is 24.4 Å². The van der Waals surface area contributed by atoms with Crippen LogP contribution >= 0.6 is 0 Å². The van der Waals surface area contributed by atoms with Crippen molar-refractivity contribution in [1.82, 2.24) is 30.3 Å². The van der Waals surface area contributed by atoms with Crippen molar-refractivity contribution in [2.45, 2.75) is 32.9 Å². The Bertz CT molecular complexity index is 1170. The van der Waals surface area contributed by atoms with Gasteiger partial charge in [0.2, 0.25) is 0 Å². The van der Waals surface area contributed by atoms with Crippen LogP contribution in [0.5, 0.6) is 0 Å². The van der Waals surface area contributed by atoms with Gasteiger partial charge in [-0.3, -0.25) is 9.78 Å². The zero-order valence-electron chi connectivity index (χ0n) is 16.6. The van der Waals surface area contributed by atoms with Crippen molar-refractivity contribution in [3.63, 3.8) is 0 Å². The number of nitrogens with two attached hydrogens (primary N) is 1. The third-order valence-electron chi connectivity index (χ3n) is 4.34. The number of nitrogens with zero attached hydrogens (tertiary/aromatic N) is 4. The lowest BCUT2D eigenvalue weighted by molar-refractivity contribution is 0.0525. The highest BCUT2D eigenvalue weighted by Gasteiger charge is 2.16. The normalized spacial score (nSPS) is 11.8. The number of pyridine rings is 1. The maximum absolute atomic E-state index is 11.8. The number of aromatic amines is 1. The van der Waals surface area contributed by atoms with Crippen LogP contribution in [-0.2, 0) is 11.3 Å². The maximum Gasteiger partial charge on any atom is 0.407 e. The highest BCUT2D eigenvalue weighted by atomic mass is 16.6. The number of H-pyrrole nitrogens is 1. The van der Waals surface area contributed by atoms with Crippen molar-refractivity contribution in [1.29, 1.82) is 0 Å². The molecule has 0 saturated heterocycles. The van der Waals surface area contributed by atoms with E-state index in [-0.39, 0.29) is 0 Å². The van der Waals surface area contributed by atoms with Gasteiger partial charge < -0.3 is 15.8 Å². The van der Waals surface area contributed by atoms with Crippen LogP contribution in [0.15, 0.2) is 36.7 Å². The van der Waals surface area contributed by atoms with Gasteiger partial charge in [-0.15, -0.1) is 0 Å². The summed E-state index contributed by atoms with van der Waals surface area (Å²) in [6.45, 7) is 6.35. The van der Waals surface area contributed by atoms with Crippen molar-refractivity contribution < 1.29 is 9.53 Å². The Morgan fingerprint density at radius 3 is 2.83 bits per heavy atom. The second-order valence-electron chi connectivity index (χ2n) is 7.77. The highest BCUT2D eigenvalue weighted by Crippen LogP contribution is 2.29. The van der Waals surface area contributed by atoms with Gasteiger partial charge in [-0.2, -0.15) is 10.2 Å². The van der Waals surface area contributed by atoms with Crippen LogP contribution in [0.25, 0.3) is 33.1 Å². The molecule has 150 valence electrons. The fourth-order valence-electron chi connectivity index (χ4n) is 3.12. The van der Waals surface area contributed by atoms with Gasteiger partial charge in [0.05, 0.1) is 17.8 Å². The summed E-state index contributed by atoms with van der Waals surface area (Å²) in [5, 5.41) is 16.1. The number of fused-ring (bicyclic) bond motifs is 3. The monoisotopic (exact) mass is 393 g/mol. The lowest BCUT2D eigenvalue weighted by atomic mass is 10.1. The molecule has 4 aromatic rings. The van der Waals surface area contributed by atoms with E-state index in [4.69, 9.17) is 10.5 Å². The summed E-state index contributed by atoms with van der Waals surface area (Å²) in [7, 11) is 0. The average molecular weight is 393 g/mol. The number of hydrogen-bond acceptors (Lipinski definition) is 6. The molecule has 3 aromatic heterocycles. The number of nitrogen functional groups attached to an aromatic ring is 1. The van der Waals surface area contributed by atoms with Crippen LogP contribution in [0.2, 0.25) is 0 Å². The zero-order valence-corrected chi connectivity index (χ0v) is 16.6. The summed E-state index contributed by atoms with van der Waals surface area (Å²) in [6, 6.07) is 7.86. The molecule has 1 aromatic carbocycles. The third-order valence-corrected chi connectivity index (χ3v) is 4.34. The molecule has 3 heterocycles. The maximum atomic E-state index is 11.8. The molecular formula is C20H23N7O2. The van der Waals surface area contributed by atoms with Gasteiger partial charge in [0.25, 0.3) is 0 Å². The topological polar surface area (TPSA) is 124 Å². The Balaban J connectivity index is 1.57. The van der Waals surface area contributed by atoms with Gasteiger partial charge in [0, 0.05) is 35.3 Å². The molecule has 9 heteroatoms. The summed E-state index contributed by atoms with van der Waals surface area (Å²) in [4.78, 5) is 16.3. The van der Waals surface area contributed by atoms with Crippen molar-refractivity contribution in [3.05, 3.63) is 36.7 Å². The quantitative estimate of drug-likeness (QED) is 0.489. The number of carbonyl (C=O) groups is 1. The predicted octanol–water partition coefficient (Wildman–Crippen LogP) is 3.08. The van der Waals surface area contributed by atoms with Crippen LogP contribution in [0.4, 0.5) is 10.6 Å². The predicted molar refractivity (Wildman–Crippen MR) is 111 cm³/mol. The minimum atomic E-state index is -0.529. The van der Waals surface area contributed by atoms with E-state index < -0.39 is 11.7 Å². The molecule has 0 spiro atoms. The summed E-state index contributed by atoms with van der Waals surface area (Å²) in [5.41, 5.74) is 8.84. The summed E-state index contributed by atoms with van der Waals surface area (Å²) in [5.74, 6) is 0.366. The molecule has 0 fully saturated rings. The van der Waals surface area contributed by atoms with Crippen LogP contribution in [0.1, 0.15) is 20.8 Å². The Hall–Kier alpha value is -3.62. The van der Waals surface area contributed by atoms with Crippen LogP contribution in [0.3, 0.4) is 0 Å². The van der Waals surface area contributed by atoms with Gasteiger partial charge in [-0.25, -0.2) is 9.78 Å². The highest BCUT2D eigenvalue weighted by molar-refractivity contribution is 6.08. The number of alkyl carbamates (subject to hydrolysis) is 1. The van der Waals surface area contributed by atoms with E-state index in [1.165, 1.54) is 0 Å². The molecule has 4 N–H and O–H groups in total. The van der Waals surface area contributed by atoms with Gasteiger partial charge in [-0.05, 0) is 32.9 Å². The molecule has 0 unspecified atom stereocenters. The molecule has 4 rings (SSSR count). The number of amides is 1. The van der Waals surface area contributed by atoms with Gasteiger partial charge >= 0.3 is 6.09 Å². The molecule has 1 amide bonds. The molecule has 0 saturated carbocycles. The molecular weight excluding hydrogens is 370 g/mol. The largest absolute Gasteiger partial charge is 0.444 e. The van der Waals surface area contributed by atoms with E-state index in [9.17, 15) is 4.79 Å². The molecule has 0 aliphatic heterocycles. The first-order valence-corrected chi connectivity index (χ1v) is 9.33. The summed E-state index contributed by atoms with van der Waals surface area (Å²) >= 11 is 0. The number of nitrogens with one attached hydrogen (secondary N) is 2. The summed E-state index contributed by atoms with van der Waals surface area (Å²) in [6.07, 6.45) is 3.24. The number of rotatable bonds is 4. The smallest absolute Gasteiger partial charge is 0.407 e. The van der Waals surface area contributed by atoms with Crippen molar-refractivity contribution in [2.75, 3.05) is 12.3 Å². The molecule has 9 nitrogen and oxygen atoms in total. The second-order valence-corrected chi connectivity index (χ2v) is 7.77. The van der Waals surface area contributed by atoms with Crippen LogP contribution in [-0.4, -0.2) is 43.2 Å². The van der Waals surface area contributed by atoms with Crippen molar-refractivity contribution in [2.24, 2.45) is 0 Å². The SMILES string of the molecule is CC(C)(C)OC(=O)NCCn1cc2c(n1)c(N)nc1cc(-c3cc[nH]n3)ccc12. The standard InChI is InChI=1S/C20H23N7O2/c1-20(2,3)29-19(28)22-8-9-27-11-14-13-5-4-12(15-6-7-23-25-15)10-16(13)24-18(21)17(14)26-27/h4-7,10-11H,8-9H2,1-3H3,(H2,21,24)(H,22,28)(H,23,25). The van der Waals surface area contributed by atoms with E-state index in [2.05, 4.69) is 25.6 Å². The van der Waals surface area contributed by atoms with Crippen LogP contribution in [0, 0.1) is 0 Å². The number of ether oxygens (including phenoxy) is 1. The lowest BCUT2D eigenvalue weighted by Crippen LogP contribution is -2.34. The third kappa shape index (κ3) is 3.98. The van der Waals surface area contributed by atoms with Gasteiger partial charge in [0.1, 0.15) is 11.1 Å². The molecule has 0 bridgehead atoms. The molecule has 0 atom stereocenters. The fourth-order valence-corrected chi connectivity index (χ4v) is 3.12. The number of aromatic nitrogens is 5. The Kier molecular flexibility index (Phi) is 4.57. The Morgan fingerprint density at radius 1 is 1.28 bits per heavy atom.